The fourth-order valence-corrected chi connectivity index (χ4v) is 2.70. The molecule has 0 spiro atoms. The molecule has 1 rings (SSSR count). The van der Waals surface area contributed by atoms with Crippen LogP contribution >= 0.6 is 11.8 Å². The van der Waals surface area contributed by atoms with E-state index >= 15 is 0 Å². The van der Waals surface area contributed by atoms with Gasteiger partial charge in [-0.05, 0) is 31.3 Å². The Bertz CT molecular complexity index is 282. The van der Waals surface area contributed by atoms with Crippen LogP contribution in [0.15, 0.2) is 4.99 Å². The number of nitrogens with one attached hydrogen (secondary N) is 2. The highest BCUT2D eigenvalue weighted by Gasteiger charge is 2.21. The van der Waals surface area contributed by atoms with E-state index in [0.29, 0.717) is 6.04 Å². The van der Waals surface area contributed by atoms with Gasteiger partial charge in [-0.3, -0.25) is 9.89 Å². The molecule has 1 heterocycles. The van der Waals surface area contributed by atoms with E-state index in [4.69, 9.17) is 0 Å². The molecule has 1 aliphatic rings. The molecule has 0 aromatic heterocycles. The van der Waals surface area contributed by atoms with Gasteiger partial charge in [-0.25, -0.2) is 8.78 Å². The van der Waals surface area contributed by atoms with Crippen molar-refractivity contribution in [3.63, 3.8) is 0 Å². The number of aliphatic imine (C=N–C) groups is 1. The number of halogens is 2. The molecule has 0 saturated carbocycles. The molecular formula is C13H26F2N4S. The SMILES string of the molecule is CN=C(NCCCSC)NC1CCN(CC(F)F)CC1. The maximum atomic E-state index is 12.3. The van der Waals surface area contributed by atoms with E-state index in [9.17, 15) is 8.78 Å². The molecule has 20 heavy (non-hydrogen) atoms. The highest BCUT2D eigenvalue weighted by atomic mass is 32.2. The molecule has 0 amide bonds. The third kappa shape index (κ3) is 7.28. The molecule has 0 unspecified atom stereocenters. The lowest BCUT2D eigenvalue weighted by molar-refractivity contribution is 0.0744. The maximum absolute atomic E-state index is 12.3. The van der Waals surface area contributed by atoms with Crippen LogP contribution in [0.5, 0.6) is 0 Å². The zero-order chi connectivity index (χ0) is 14.8. The third-order valence-electron chi connectivity index (χ3n) is 3.37. The molecule has 0 radical (unpaired) electrons. The van der Waals surface area contributed by atoms with E-state index in [2.05, 4.69) is 21.9 Å². The van der Waals surface area contributed by atoms with Crippen LogP contribution < -0.4 is 10.6 Å². The van der Waals surface area contributed by atoms with Gasteiger partial charge >= 0.3 is 0 Å². The predicted molar refractivity (Wildman–Crippen MR) is 83.0 cm³/mol. The van der Waals surface area contributed by atoms with Gasteiger partial charge in [-0.15, -0.1) is 0 Å². The number of rotatable bonds is 7. The van der Waals surface area contributed by atoms with Crippen LogP contribution in [0.3, 0.4) is 0 Å². The quantitative estimate of drug-likeness (QED) is 0.426. The van der Waals surface area contributed by atoms with E-state index in [0.717, 1.165) is 50.6 Å². The number of alkyl halides is 2. The molecule has 1 aliphatic heterocycles. The first-order chi connectivity index (χ1) is 9.65. The standard InChI is InChI=1S/C13H26F2N4S/c1-16-13(17-6-3-9-20-2)18-11-4-7-19(8-5-11)10-12(14)15/h11-12H,3-10H2,1-2H3,(H2,16,17,18). The van der Waals surface area contributed by atoms with Gasteiger partial charge in [0.1, 0.15) is 0 Å². The molecule has 7 heteroatoms. The van der Waals surface area contributed by atoms with Crippen LogP contribution in [-0.4, -0.2) is 68.6 Å². The zero-order valence-corrected chi connectivity index (χ0v) is 13.2. The minimum absolute atomic E-state index is 0.103. The average molecular weight is 308 g/mol. The van der Waals surface area contributed by atoms with Crippen LogP contribution in [0, 0.1) is 0 Å². The molecule has 0 atom stereocenters. The summed E-state index contributed by atoms with van der Waals surface area (Å²) >= 11 is 1.83. The van der Waals surface area contributed by atoms with Gasteiger partial charge in [-0.2, -0.15) is 11.8 Å². The second-order valence-corrected chi connectivity index (χ2v) is 5.94. The summed E-state index contributed by atoms with van der Waals surface area (Å²) in [7, 11) is 1.76. The summed E-state index contributed by atoms with van der Waals surface area (Å²) in [5, 5.41) is 6.66. The molecule has 0 aromatic rings. The van der Waals surface area contributed by atoms with Crippen LogP contribution in [0.2, 0.25) is 0 Å². The van der Waals surface area contributed by atoms with Gasteiger partial charge in [0.25, 0.3) is 6.43 Å². The normalized spacial score (nSPS) is 18.6. The molecule has 0 aromatic carbocycles. The molecule has 0 aliphatic carbocycles. The van der Waals surface area contributed by atoms with E-state index in [-0.39, 0.29) is 6.54 Å². The Balaban J connectivity index is 2.20. The van der Waals surface area contributed by atoms with Crippen molar-refractivity contribution in [3.05, 3.63) is 0 Å². The number of piperidine rings is 1. The van der Waals surface area contributed by atoms with Crippen molar-refractivity contribution < 1.29 is 8.78 Å². The summed E-state index contributed by atoms with van der Waals surface area (Å²) in [5.41, 5.74) is 0. The highest BCUT2D eigenvalue weighted by Crippen LogP contribution is 2.11. The smallest absolute Gasteiger partial charge is 0.251 e. The highest BCUT2D eigenvalue weighted by molar-refractivity contribution is 7.98. The minimum atomic E-state index is -2.23. The van der Waals surface area contributed by atoms with Crippen LogP contribution in [0.4, 0.5) is 8.78 Å². The van der Waals surface area contributed by atoms with Gasteiger partial charge in [0.05, 0.1) is 6.54 Å². The second kappa shape index (κ2) is 10.2. The van der Waals surface area contributed by atoms with E-state index in [1.165, 1.54) is 0 Å². The number of hydrogen-bond donors (Lipinski definition) is 2. The number of nitrogens with zero attached hydrogens (tertiary/aromatic N) is 2. The van der Waals surface area contributed by atoms with Crippen molar-refractivity contribution >= 4 is 17.7 Å². The van der Waals surface area contributed by atoms with Crippen molar-refractivity contribution in [2.24, 2.45) is 4.99 Å². The molecule has 4 nitrogen and oxygen atoms in total. The predicted octanol–water partition coefficient (Wildman–Crippen LogP) is 1.63. The summed E-state index contributed by atoms with van der Waals surface area (Å²) in [6, 6.07) is 0.329. The van der Waals surface area contributed by atoms with Crippen molar-refractivity contribution in [1.82, 2.24) is 15.5 Å². The molecular weight excluding hydrogens is 282 g/mol. The largest absolute Gasteiger partial charge is 0.356 e. The van der Waals surface area contributed by atoms with Gasteiger partial charge < -0.3 is 10.6 Å². The van der Waals surface area contributed by atoms with Gasteiger partial charge in [0.2, 0.25) is 0 Å². The lowest BCUT2D eigenvalue weighted by Gasteiger charge is -2.32. The fourth-order valence-electron chi connectivity index (χ4n) is 2.27. The van der Waals surface area contributed by atoms with Crippen LogP contribution in [0.25, 0.3) is 0 Å². The number of hydrogen-bond acceptors (Lipinski definition) is 3. The molecule has 1 saturated heterocycles. The Hall–Kier alpha value is -0.560. The lowest BCUT2D eigenvalue weighted by Crippen LogP contribution is -2.49. The zero-order valence-electron chi connectivity index (χ0n) is 12.4. The van der Waals surface area contributed by atoms with Crippen LogP contribution in [-0.2, 0) is 0 Å². The van der Waals surface area contributed by atoms with Crippen molar-refractivity contribution in [3.8, 4) is 0 Å². The Morgan fingerprint density at radius 2 is 2.10 bits per heavy atom. The molecule has 0 bridgehead atoms. The maximum Gasteiger partial charge on any atom is 0.251 e. The van der Waals surface area contributed by atoms with Crippen molar-refractivity contribution in [2.45, 2.75) is 31.7 Å². The molecule has 1 fully saturated rings. The number of guanidine groups is 1. The first kappa shape index (κ1) is 17.5. The lowest BCUT2D eigenvalue weighted by atomic mass is 10.1. The Kier molecular flexibility index (Phi) is 8.93. The van der Waals surface area contributed by atoms with Gasteiger partial charge in [-0.1, -0.05) is 0 Å². The summed E-state index contributed by atoms with van der Waals surface area (Å²) in [4.78, 5) is 6.03. The summed E-state index contributed by atoms with van der Waals surface area (Å²) in [5.74, 6) is 1.95. The Labute approximate surface area is 124 Å². The van der Waals surface area contributed by atoms with E-state index in [1.807, 2.05) is 16.7 Å². The topological polar surface area (TPSA) is 39.7 Å². The van der Waals surface area contributed by atoms with Crippen molar-refractivity contribution in [1.29, 1.82) is 0 Å². The summed E-state index contributed by atoms with van der Waals surface area (Å²) < 4.78 is 24.6. The monoisotopic (exact) mass is 308 g/mol. The first-order valence-electron chi connectivity index (χ1n) is 7.12. The minimum Gasteiger partial charge on any atom is -0.356 e. The fraction of sp³-hybridized carbons (Fsp3) is 0.923. The third-order valence-corrected chi connectivity index (χ3v) is 4.06. The van der Waals surface area contributed by atoms with Gasteiger partial charge in [0.15, 0.2) is 5.96 Å². The van der Waals surface area contributed by atoms with Crippen molar-refractivity contribution in [2.75, 3.05) is 45.2 Å². The average Bonchev–Trinajstić information content (AvgIpc) is 2.43. The first-order valence-corrected chi connectivity index (χ1v) is 8.51. The Morgan fingerprint density at radius 1 is 1.40 bits per heavy atom. The van der Waals surface area contributed by atoms with Gasteiger partial charge in [0, 0.05) is 32.7 Å². The molecule has 2 N–H and O–H groups in total. The van der Waals surface area contributed by atoms with E-state index < -0.39 is 6.43 Å². The summed E-state index contributed by atoms with van der Waals surface area (Å²) in [6.45, 7) is 2.26. The van der Waals surface area contributed by atoms with E-state index in [1.54, 1.807) is 7.05 Å². The number of thioether (sulfide) groups is 1. The summed E-state index contributed by atoms with van der Waals surface area (Å²) in [6.07, 6.45) is 2.75. The number of likely N-dealkylation sites (tertiary alicyclic amines) is 1. The molecule has 118 valence electrons. The Morgan fingerprint density at radius 3 is 2.65 bits per heavy atom. The van der Waals surface area contributed by atoms with Crippen LogP contribution in [0.1, 0.15) is 19.3 Å². The second-order valence-electron chi connectivity index (χ2n) is 4.96.